The van der Waals surface area contributed by atoms with Crippen LogP contribution in [0.4, 0.5) is 5.69 Å². The van der Waals surface area contributed by atoms with Crippen LogP contribution >= 0.6 is 0 Å². The van der Waals surface area contributed by atoms with Crippen molar-refractivity contribution in [1.29, 1.82) is 0 Å². The number of methoxy groups -OCH3 is 2. The first-order valence-corrected chi connectivity index (χ1v) is 13.0. The van der Waals surface area contributed by atoms with Crippen molar-refractivity contribution in [3.05, 3.63) is 71.8 Å². The molecule has 1 aliphatic carbocycles. The van der Waals surface area contributed by atoms with Crippen LogP contribution in [0.2, 0.25) is 0 Å². The third kappa shape index (κ3) is 5.43. The lowest BCUT2D eigenvalue weighted by Gasteiger charge is -2.33. The number of ether oxygens (including phenoxy) is 4. The van der Waals surface area contributed by atoms with Crippen LogP contribution in [0.25, 0.3) is 0 Å². The second-order valence-corrected chi connectivity index (χ2v) is 9.53. The molecule has 2 N–H and O–H groups in total. The smallest absolute Gasteiger partial charge is 0.259 e. The molecule has 1 unspecified atom stereocenters. The molecule has 0 radical (unpaired) electrons. The fraction of sp³-hybridized carbons (Fsp3) is 0.333. The van der Waals surface area contributed by atoms with Gasteiger partial charge < -0.3 is 29.4 Å². The highest BCUT2D eigenvalue weighted by Gasteiger charge is 2.37. The summed E-state index contributed by atoms with van der Waals surface area (Å²) in [6, 6.07) is 15.6. The summed E-state index contributed by atoms with van der Waals surface area (Å²) in [6.07, 6.45) is 3.83. The Morgan fingerprint density at radius 3 is 2.38 bits per heavy atom. The number of benzene rings is 3. The quantitative estimate of drug-likeness (QED) is 0.436. The van der Waals surface area contributed by atoms with Crippen molar-refractivity contribution in [2.45, 2.75) is 37.8 Å². The normalized spacial score (nSPS) is 15.3. The molecule has 5 rings (SSSR count). The number of anilines is 1. The highest BCUT2D eigenvalue weighted by atomic mass is 16.6. The summed E-state index contributed by atoms with van der Waals surface area (Å²) in [4.78, 5) is 29.9. The molecule has 1 saturated carbocycles. The Bertz CT molecular complexity index is 1350. The average Bonchev–Trinajstić information content (AvgIpc) is 3.48. The molecular formula is C30H32N2O7. The van der Waals surface area contributed by atoms with E-state index in [0.717, 1.165) is 25.7 Å². The molecule has 0 saturated heterocycles. The van der Waals surface area contributed by atoms with Crippen LogP contribution in [0, 0.1) is 0 Å². The largest absolute Gasteiger partial charge is 0.504 e. The number of carbonyl (C=O) groups is 2. The van der Waals surface area contributed by atoms with Gasteiger partial charge in [-0.25, -0.2) is 0 Å². The summed E-state index contributed by atoms with van der Waals surface area (Å²) in [7, 11) is 2.95. The molecule has 1 fully saturated rings. The fourth-order valence-electron chi connectivity index (χ4n) is 5.14. The summed E-state index contributed by atoms with van der Waals surface area (Å²) in [6.45, 7) is 0.806. The summed E-state index contributed by atoms with van der Waals surface area (Å²) in [5.74, 6) is 0.788. The molecule has 0 aromatic heterocycles. The SMILES string of the molecule is COc1cc(C(C(=O)NC2CCCC2)N(C(=O)c2ccc3c(c2)OCCO3)c2ccccc2OC)ccc1O. The lowest BCUT2D eigenvalue weighted by molar-refractivity contribution is -0.123. The lowest BCUT2D eigenvalue weighted by atomic mass is 10.00. The monoisotopic (exact) mass is 532 g/mol. The zero-order chi connectivity index (χ0) is 27.4. The van der Waals surface area contributed by atoms with Crippen molar-refractivity contribution >= 4 is 17.5 Å². The van der Waals surface area contributed by atoms with Crippen molar-refractivity contribution in [2.24, 2.45) is 0 Å². The van der Waals surface area contributed by atoms with Gasteiger partial charge in [0, 0.05) is 11.6 Å². The minimum atomic E-state index is -1.10. The van der Waals surface area contributed by atoms with E-state index in [0.29, 0.717) is 47.3 Å². The first-order valence-electron chi connectivity index (χ1n) is 13.0. The van der Waals surface area contributed by atoms with Gasteiger partial charge in [0.25, 0.3) is 5.91 Å². The second kappa shape index (κ2) is 11.6. The van der Waals surface area contributed by atoms with E-state index in [-0.39, 0.29) is 23.4 Å². The third-order valence-electron chi connectivity index (χ3n) is 7.08. The van der Waals surface area contributed by atoms with Gasteiger partial charge in [-0.15, -0.1) is 0 Å². The van der Waals surface area contributed by atoms with Crippen molar-refractivity contribution in [3.63, 3.8) is 0 Å². The molecule has 9 nitrogen and oxygen atoms in total. The second-order valence-electron chi connectivity index (χ2n) is 9.53. The van der Waals surface area contributed by atoms with E-state index in [1.165, 1.54) is 25.2 Å². The number of phenolic OH excluding ortho intramolecular Hbond substituents is 1. The van der Waals surface area contributed by atoms with Gasteiger partial charge in [0.1, 0.15) is 25.0 Å². The maximum atomic E-state index is 14.4. The molecule has 1 heterocycles. The lowest BCUT2D eigenvalue weighted by Crippen LogP contribution is -2.46. The molecule has 3 aromatic rings. The number of para-hydroxylation sites is 2. The number of nitrogens with one attached hydrogen (secondary N) is 1. The molecule has 2 amide bonds. The third-order valence-corrected chi connectivity index (χ3v) is 7.08. The molecule has 3 aromatic carbocycles. The highest BCUT2D eigenvalue weighted by molar-refractivity contribution is 6.11. The average molecular weight is 533 g/mol. The van der Waals surface area contributed by atoms with E-state index in [1.54, 1.807) is 54.6 Å². The molecular weight excluding hydrogens is 500 g/mol. The van der Waals surface area contributed by atoms with Crippen LogP contribution in [0.5, 0.6) is 28.7 Å². The molecule has 1 atom stereocenters. The molecule has 39 heavy (non-hydrogen) atoms. The van der Waals surface area contributed by atoms with Gasteiger partial charge in [-0.3, -0.25) is 14.5 Å². The number of nitrogens with zero attached hydrogens (tertiary/aromatic N) is 1. The predicted octanol–water partition coefficient (Wildman–Crippen LogP) is 4.63. The Hall–Kier alpha value is -4.40. The van der Waals surface area contributed by atoms with Crippen LogP contribution in [0.1, 0.15) is 47.6 Å². The number of rotatable bonds is 8. The van der Waals surface area contributed by atoms with Gasteiger partial charge in [0.15, 0.2) is 23.0 Å². The van der Waals surface area contributed by atoms with Crippen LogP contribution in [-0.2, 0) is 4.79 Å². The standard InChI is InChI=1S/C30H32N2O7/c1-36-24-10-6-5-9-22(24)32(30(35)20-12-14-25-27(18-20)39-16-15-38-25)28(29(34)31-21-7-3-4-8-21)19-11-13-23(33)26(17-19)37-2/h5-6,9-14,17-18,21,28,33H,3-4,7-8,15-16H2,1-2H3,(H,31,34). The van der Waals surface area contributed by atoms with Crippen LogP contribution in [0.3, 0.4) is 0 Å². The Kier molecular flexibility index (Phi) is 7.76. The fourth-order valence-corrected chi connectivity index (χ4v) is 5.14. The van der Waals surface area contributed by atoms with Gasteiger partial charge in [-0.2, -0.15) is 0 Å². The minimum absolute atomic E-state index is 0.0166. The summed E-state index contributed by atoms with van der Waals surface area (Å²) in [5, 5.41) is 13.4. The highest BCUT2D eigenvalue weighted by Crippen LogP contribution is 2.40. The maximum absolute atomic E-state index is 14.4. The molecule has 1 aliphatic heterocycles. The number of fused-ring (bicyclic) bond motifs is 1. The first kappa shape index (κ1) is 26.2. The maximum Gasteiger partial charge on any atom is 0.259 e. The predicted molar refractivity (Wildman–Crippen MR) is 145 cm³/mol. The van der Waals surface area contributed by atoms with Crippen LogP contribution < -0.4 is 29.2 Å². The van der Waals surface area contributed by atoms with Gasteiger partial charge in [-0.1, -0.05) is 31.0 Å². The van der Waals surface area contributed by atoms with Crippen molar-refractivity contribution in [3.8, 4) is 28.7 Å². The minimum Gasteiger partial charge on any atom is -0.504 e. The summed E-state index contributed by atoms with van der Waals surface area (Å²) >= 11 is 0. The Labute approximate surface area is 227 Å². The van der Waals surface area contributed by atoms with E-state index in [1.807, 2.05) is 0 Å². The summed E-state index contributed by atoms with van der Waals surface area (Å²) < 4.78 is 22.3. The van der Waals surface area contributed by atoms with Crippen LogP contribution in [-0.4, -0.2) is 50.4 Å². The van der Waals surface area contributed by atoms with Crippen molar-refractivity contribution < 1.29 is 33.6 Å². The van der Waals surface area contributed by atoms with Crippen LogP contribution in [0.15, 0.2) is 60.7 Å². The molecule has 204 valence electrons. The van der Waals surface area contributed by atoms with Gasteiger partial charge >= 0.3 is 0 Å². The first-order chi connectivity index (χ1) is 19.0. The molecule has 0 bridgehead atoms. The van der Waals surface area contributed by atoms with Gasteiger partial charge in [0.05, 0.1) is 19.9 Å². The van der Waals surface area contributed by atoms with Gasteiger partial charge in [-0.05, 0) is 60.9 Å². The van der Waals surface area contributed by atoms with E-state index < -0.39 is 11.9 Å². The molecule has 2 aliphatic rings. The number of aromatic hydroxyl groups is 1. The number of carbonyl (C=O) groups excluding carboxylic acids is 2. The van der Waals surface area contributed by atoms with Gasteiger partial charge in [0.2, 0.25) is 5.91 Å². The van der Waals surface area contributed by atoms with Crippen molar-refractivity contribution in [1.82, 2.24) is 5.32 Å². The molecule has 9 heteroatoms. The summed E-state index contributed by atoms with van der Waals surface area (Å²) in [5.41, 5.74) is 1.20. The zero-order valence-corrected chi connectivity index (χ0v) is 22.0. The topological polar surface area (TPSA) is 107 Å². The Morgan fingerprint density at radius 2 is 1.64 bits per heavy atom. The number of hydrogen-bond donors (Lipinski definition) is 2. The number of amides is 2. The van der Waals surface area contributed by atoms with E-state index in [2.05, 4.69) is 5.32 Å². The van der Waals surface area contributed by atoms with E-state index in [4.69, 9.17) is 18.9 Å². The van der Waals surface area contributed by atoms with E-state index >= 15 is 0 Å². The number of phenols is 1. The van der Waals surface area contributed by atoms with Crippen molar-refractivity contribution in [2.75, 3.05) is 32.3 Å². The number of hydrogen-bond acceptors (Lipinski definition) is 7. The van der Waals surface area contributed by atoms with E-state index in [9.17, 15) is 14.7 Å². The zero-order valence-electron chi connectivity index (χ0n) is 22.0. The Balaban J connectivity index is 1.66. The molecule has 0 spiro atoms. The Morgan fingerprint density at radius 1 is 0.923 bits per heavy atom.